The van der Waals surface area contributed by atoms with Gasteiger partial charge in [-0.2, -0.15) is 0 Å². The minimum Gasteiger partial charge on any atom is -0.756 e. The normalized spacial score (nSPS) is 13.9. The molecule has 0 saturated heterocycles. The van der Waals surface area contributed by atoms with E-state index in [9.17, 15) is 19.0 Å². The topological polar surface area (TPSA) is 114 Å². The Balaban J connectivity index is 5.06. The lowest BCUT2D eigenvalue weighted by Gasteiger charge is -2.30. The van der Waals surface area contributed by atoms with Gasteiger partial charge in [0.1, 0.15) is 19.3 Å². The zero-order valence-electron chi connectivity index (χ0n) is 58.2. The quantitative estimate of drug-likeness (QED) is 0.0212. The van der Waals surface area contributed by atoms with Crippen molar-refractivity contribution < 1.29 is 37.3 Å². The molecule has 0 aromatic heterocycles. The predicted molar refractivity (Wildman–Crippen MR) is 376 cm³/mol. The smallest absolute Gasteiger partial charge is 0.306 e. The van der Waals surface area contributed by atoms with Gasteiger partial charge in [-0.05, 0) is 76.7 Å². The van der Waals surface area contributed by atoms with Crippen LogP contribution in [0.1, 0.15) is 355 Å². The highest BCUT2D eigenvalue weighted by molar-refractivity contribution is 7.45. The molecular weight excluding hydrogens is 1100 g/mol. The summed E-state index contributed by atoms with van der Waals surface area (Å²) in [6.45, 7) is 6.78. The van der Waals surface area contributed by atoms with Gasteiger partial charge in [-0.1, -0.05) is 338 Å². The Labute approximate surface area is 540 Å². The van der Waals surface area contributed by atoms with Crippen LogP contribution in [0.2, 0.25) is 0 Å². The third-order valence-electron chi connectivity index (χ3n) is 16.7. The van der Waals surface area contributed by atoms with E-state index in [1.54, 1.807) is 0 Å². The van der Waals surface area contributed by atoms with Crippen LogP contribution in [-0.2, 0) is 27.9 Å². The number of quaternary nitrogens is 1. The fourth-order valence-corrected chi connectivity index (χ4v) is 11.7. The lowest BCUT2D eigenvalue weighted by atomic mass is 10.0. The van der Waals surface area contributed by atoms with Crippen molar-refractivity contribution in [2.45, 2.75) is 367 Å². The molecule has 0 aliphatic heterocycles. The molecule has 0 rings (SSSR count). The SMILES string of the molecule is CC/C=C\C/C=C\C/C=C\C/C=C\C/C=C\CCCCCCCCCC(=O)OC(/C=C/CCCCCCCCCCCCC)C(COP(=O)([O-])OCC[N+](C)(C)C)NC(=O)CCCCCCCCCCCCCCCCCCCCCCCCCCC. The molecule has 1 N–H and O–H groups in total. The van der Waals surface area contributed by atoms with Gasteiger partial charge in [0.05, 0.1) is 33.8 Å². The van der Waals surface area contributed by atoms with Crippen LogP contribution < -0.4 is 10.2 Å². The molecule has 9 nitrogen and oxygen atoms in total. The molecule has 0 fully saturated rings. The van der Waals surface area contributed by atoms with Crippen LogP contribution in [0, 0.1) is 0 Å². The molecule has 10 heteroatoms. The number of esters is 1. The van der Waals surface area contributed by atoms with Crippen molar-refractivity contribution in [3.05, 3.63) is 72.9 Å². The number of amides is 1. The van der Waals surface area contributed by atoms with Crippen LogP contribution in [-0.4, -0.2) is 69.4 Å². The molecule has 508 valence electrons. The van der Waals surface area contributed by atoms with Gasteiger partial charge in [0.25, 0.3) is 7.82 Å². The molecule has 0 heterocycles. The summed E-state index contributed by atoms with van der Waals surface area (Å²) in [4.78, 5) is 40.3. The maximum atomic E-state index is 13.6. The Kier molecular flexibility index (Phi) is 64.4. The van der Waals surface area contributed by atoms with Crippen molar-refractivity contribution in [2.75, 3.05) is 40.9 Å². The molecule has 0 bridgehead atoms. The van der Waals surface area contributed by atoms with Crippen molar-refractivity contribution in [1.29, 1.82) is 0 Å². The Bertz CT molecular complexity index is 1720. The second kappa shape index (κ2) is 66.4. The number of allylic oxidation sites excluding steroid dienone is 11. The van der Waals surface area contributed by atoms with E-state index >= 15 is 0 Å². The number of hydrogen-bond acceptors (Lipinski definition) is 7. The lowest BCUT2D eigenvalue weighted by molar-refractivity contribution is -0.870. The number of unbranched alkanes of at least 4 members (excludes halogenated alkanes) is 42. The maximum Gasteiger partial charge on any atom is 0.306 e. The highest BCUT2D eigenvalue weighted by Crippen LogP contribution is 2.38. The van der Waals surface area contributed by atoms with E-state index in [1.165, 1.54) is 218 Å². The van der Waals surface area contributed by atoms with Gasteiger partial charge in [-0.25, -0.2) is 0 Å². The monoisotopic (exact) mass is 1240 g/mol. The van der Waals surface area contributed by atoms with Crippen LogP contribution >= 0.6 is 7.82 Å². The second-order valence-electron chi connectivity index (χ2n) is 26.4. The maximum absolute atomic E-state index is 13.6. The Hall–Kier alpha value is -2.55. The van der Waals surface area contributed by atoms with E-state index in [1.807, 2.05) is 33.3 Å². The molecule has 0 radical (unpaired) electrons. The van der Waals surface area contributed by atoms with Crippen molar-refractivity contribution >= 4 is 19.7 Å². The van der Waals surface area contributed by atoms with Gasteiger partial charge in [0.2, 0.25) is 5.91 Å². The van der Waals surface area contributed by atoms with Crippen molar-refractivity contribution in [3.8, 4) is 0 Å². The summed E-state index contributed by atoms with van der Waals surface area (Å²) < 4.78 is 30.5. The predicted octanol–water partition coefficient (Wildman–Crippen LogP) is 23.3. The summed E-state index contributed by atoms with van der Waals surface area (Å²) >= 11 is 0. The number of likely N-dealkylation sites (N-methyl/N-ethyl adjacent to an activating group) is 1. The number of nitrogens with zero attached hydrogens (tertiary/aromatic N) is 1. The largest absolute Gasteiger partial charge is 0.756 e. The fourth-order valence-electron chi connectivity index (χ4n) is 11.0. The highest BCUT2D eigenvalue weighted by atomic mass is 31.2. The molecule has 3 atom stereocenters. The number of phosphoric ester groups is 1. The molecule has 0 aliphatic carbocycles. The summed E-state index contributed by atoms with van der Waals surface area (Å²) in [7, 11) is 1.19. The third-order valence-corrected chi connectivity index (χ3v) is 17.6. The summed E-state index contributed by atoms with van der Waals surface area (Å²) in [6.07, 6.45) is 87.5. The molecule has 0 aromatic rings. The van der Waals surface area contributed by atoms with Gasteiger partial charge < -0.3 is 28.5 Å². The first-order valence-corrected chi connectivity index (χ1v) is 38.7. The Morgan fingerprint density at radius 3 is 1.10 bits per heavy atom. The summed E-state index contributed by atoms with van der Waals surface area (Å²) in [5.41, 5.74) is 0. The van der Waals surface area contributed by atoms with Gasteiger partial charge in [-0.15, -0.1) is 0 Å². The highest BCUT2D eigenvalue weighted by Gasteiger charge is 2.27. The minimum atomic E-state index is -4.71. The minimum absolute atomic E-state index is 0.0245. The number of nitrogens with one attached hydrogen (secondary N) is 1. The molecule has 0 spiro atoms. The third kappa shape index (κ3) is 67.7. The molecule has 0 aromatic carbocycles. The zero-order chi connectivity index (χ0) is 63.5. The zero-order valence-corrected chi connectivity index (χ0v) is 59.1. The molecule has 0 aliphatic rings. The van der Waals surface area contributed by atoms with E-state index in [2.05, 4.69) is 86.8 Å². The van der Waals surface area contributed by atoms with Gasteiger partial charge in [-0.3, -0.25) is 14.2 Å². The Morgan fingerprint density at radius 2 is 0.736 bits per heavy atom. The van der Waals surface area contributed by atoms with Gasteiger partial charge in [0, 0.05) is 12.8 Å². The summed E-state index contributed by atoms with van der Waals surface area (Å²) in [6, 6.07) is -0.895. The fraction of sp³-hybridized carbons (Fsp3) is 0.818. The lowest BCUT2D eigenvalue weighted by Crippen LogP contribution is -2.47. The van der Waals surface area contributed by atoms with Crippen molar-refractivity contribution in [1.82, 2.24) is 5.32 Å². The average molecular weight is 1240 g/mol. The van der Waals surface area contributed by atoms with Crippen LogP contribution in [0.3, 0.4) is 0 Å². The molecule has 1 amide bonds. The van der Waals surface area contributed by atoms with E-state index < -0.39 is 26.6 Å². The number of phosphoric acid groups is 1. The molecule has 87 heavy (non-hydrogen) atoms. The number of hydrogen-bond donors (Lipinski definition) is 1. The van der Waals surface area contributed by atoms with E-state index in [4.69, 9.17) is 13.8 Å². The standard InChI is InChI=1S/C77H143N2O7P/c1-7-10-13-16-19-22-25-28-30-32-34-36-38-39-41-42-44-46-48-51-54-57-60-63-66-69-76(80)78-74(73-85-87(82,83)84-72-71-79(4,5)6)75(68-65-62-59-56-53-50-27-24-21-18-15-12-9-3)86-77(81)70-67-64-61-58-55-52-49-47-45-43-40-37-35-33-31-29-26-23-20-17-14-11-8-2/h11,14,20,23,29,31,35,37,43,45,65,68,74-75H,7-10,12-13,15-19,21-22,24-28,30,32-34,36,38-42,44,46-64,66-67,69-73H2,1-6H3,(H-,78,80,82,83)/b14-11-,23-20-,31-29-,37-35-,45-43-,68-65+. The summed E-state index contributed by atoms with van der Waals surface area (Å²) in [5.74, 6) is -0.539. The van der Waals surface area contributed by atoms with E-state index in [-0.39, 0.29) is 24.9 Å². The van der Waals surface area contributed by atoms with Crippen LogP contribution in [0.25, 0.3) is 0 Å². The number of carbonyl (C=O) groups excluding carboxylic acids is 2. The van der Waals surface area contributed by atoms with Crippen molar-refractivity contribution in [2.24, 2.45) is 0 Å². The van der Waals surface area contributed by atoms with Gasteiger partial charge in [0.15, 0.2) is 0 Å². The number of carbonyl (C=O) groups is 2. The first kappa shape index (κ1) is 84.5. The number of ether oxygens (including phenoxy) is 1. The molecular formula is C77H143N2O7P. The van der Waals surface area contributed by atoms with E-state index in [0.717, 1.165) is 103 Å². The van der Waals surface area contributed by atoms with Crippen LogP contribution in [0.15, 0.2) is 72.9 Å². The first-order valence-electron chi connectivity index (χ1n) is 37.2. The second-order valence-corrected chi connectivity index (χ2v) is 27.8. The summed E-state index contributed by atoms with van der Waals surface area (Å²) in [5, 5.41) is 3.05. The van der Waals surface area contributed by atoms with E-state index in [0.29, 0.717) is 17.4 Å². The average Bonchev–Trinajstić information content (AvgIpc) is 3.70. The molecule has 0 saturated carbocycles. The van der Waals surface area contributed by atoms with Crippen molar-refractivity contribution in [3.63, 3.8) is 0 Å². The number of rotatable bonds is 68. The van der Waals surface area contributed by atoms with Crippen LogP contribution in [0.4, 0.5) is 0 Å². The van der Waals surface area contributed by atoms with Gasteiger partial charge >= 0.3 is 5.97 Å². The first-order chi connectivity index (χ1) is 42.4. The Morgan fingerprint density at radius 1 is 0.414 bits per heavy atom. The molecule has 3 unspecified atom stereocenters. The van der Waals surface area contributed by atoms with Crippen LogP contribution in [0.5, 0.6) is 0 Å².